The van der Waals surface area contributed by atoms with E-state index in [0.29, 0.717) is 22.7 Å². The Morgan fingerprint density at radius 2 is 1.89 bits per heavy atom. The van der Waals surface area contributed by atoms with Gasteiger partial charge in [0.2, 0.25) is 0 Å². The van der Waals surface area contributed by atoms with E-state index in [1.807, 2.05) is 0 Å². The first-order valence-electron chi connectivity index (χ1n) is 5.95. The van der Waals surface area contributed by atoms with Crippen molar-refractivity contribution in [3.05, 3.63) is 47.0 Å². The molecule has 0 saturated carbocycles. The van der Waals surface area contributed by atoms with Gasteiger partial charge in [-0.3, -0.25) is 9.69 Å². The van der Waals surface area contributed by atoms with Crippen LogP contribution in [0.2, 0.25) is 5.02 Å². The average Bonchev–Trinajstić information content (AvgIpc) is 2.40. The van der Waals surface area contributed by atoms with Crippen molar-refractivity contribution in [1.29, 1.82) is 0 Å². The summed E-state index contributed by atoms with van der Waals surface area (Å²) in [6.45, 7) is 7.64. The van der Waals surface area contributed by atoms with Crippen LogP contribution in [-0.2, 0) is 4.74 Å². The lowest BCUT2D eigenvalue weighted by atomic mass is 10.0. The van der Waals surface area contributed by atoms with Crippen LogP contribution in [0.3, 0.4) is 0 Å². The summed E-state index contributed by atoms with van der Waals surface area (Å²) in [6, 6.07) is 6.90. The molecule has 0 aromatic heterocycles. The van der Waals surface area contributed by atoms with E-state index in [-0.39, 0.29) is 5.78 Å². The molecule has 1 fully saturated rings. The summed E-state index contributed by atoms with van der Waals surface area (Å²) in [7, 11) is 0. The maximum Gasteiger partial charge on any atom is 0.189 e. The molecule has 3 nitrogen and oxygen atoms in total. The number of ether oxygens (including phenoxy) is 1. The van der Waals surface area contributed by atoms with Crippen LogP contribution in [0.4, 0.5) is 0 Å². The molecule has 1 heterocycles. The highest BCUT2D eigenvalue weighted by Crippen LogP contribution is 2.13. The summed E-state index contributed by atoms with van der Waals surface area (Å²) in [5.74, 6) is -0.0156. The van der Waals surface area contributed by atoms with Crippen LogP contribution in [-0.4, -0.2) is 43.5 Å². The molecular weight excluding hydrogens is 250 g/mol. The van der Waals surface area contributed by atoms with Gasteiger partial charge in [-0.25, -0.2) is 0 Å². The van der Waals surface area contributed by atoms with Gasteiger partial charge in [0, 0.05) is 35.8 Å². The minimum atomic E-state index is -0.0156. The highest BCUT2D eigenvalue weighted by molar-refractivity contribution is 6.30. The first kappa shape index (κ1) is 13.3. The van der Waals surface area contributed by atoms with Gasteiger partial charge in [-0.05, 0) is 24.3 Å². The highest BCUT2D eigenvalue weighted by atomic mass is 35.5. The van der Waals surface area contributed by atoms with Crippen molar-refractivity contribution in [2.75, 3.05) is 32.8 Å². The van der Waals surface area contributed by atoms with Gasteiger partial charge in [0.1, 0.15) is 0 Å². The van der Waals surface area contributed by atoms with Crippen LogP contribution in [0.5, 0.6) is 0 Å². The van der Waals surface area contributed by atoms with E-state index >= 15 is 0 Å². The number of hydrogen-bond acceptors (Lipinski definition) is 3. The van der Waals surface area contributed by atoms with Crippen molar-refractivity contribution in [2.24, 2.45) is 0 Å². The topological polar surface area (TPSA) is 29.5 Å². The van der Waals surface area contributed by atoms with Crippen LogP contribution in [0.25, 0.3) is 0 Å². The molecule has 1 aliphatic rings. The summed E-state index contributed by atoms with van der Waals surface area (Å²) >= 11 is 5.80. The van der Waals surface area contributed by atoms with Gasteiger partial charge in [-0.15, -0.1) is 0 Å². The standard InChI is InChI=1S/C14H16ClNO2/c1-11(10-16-6-8-18-9-7-16)14(17)12-2-4-13(15)5-3-12/h2-5H,1,6-10H2. The Morgan fingerprint density at radius 1 is 1.28 bits per heavy atom. The molecule has 0 spiro atoms. The maximum absolute atomic E-state index is 12.1. The molecule has 1 aromatic rings. The zero-order valence-electron chi connectivity index (χ0n) is 10.2. The minimum Gasteiger partial charge on any atom is -0.379 e. The number of ketones is 1. The van der Waals surface area contributed by atoms with Crippen LogP contribution in [0, 0.1) is 0 Å². The fourth-order valence-electron chi connectivity index (χ4n) is 1.91. The van der Waals surface area contributed by atoms with Crippen molar-refractivity contribution >= 4 is 17.4 Å². The Kier molecular flexibility index (Phi) is 4.53. The van der Waals surface area contributed by atoms with Crippen LogP contribution >= 0.6 is 11.6 Å². The summed E-state index contributed by atoms with van der Waals surface area (Å²) in [4.78, 5) is 14.3. The van der Waals surface area contributed by atoms with Crippen LogP contribution < -0.4 is 0 Å². The molecule has 1 saturated heterocycles. The molecule has 96 valence electrons. The molecule has 2 rings (SSSR count). The van der Waals surface area contributed by atoms with Crippen molar-refractivity contribution in [3.63, 3.8) is 0 Å². The van der Waals surface area contributed by atoms with E-state index in [9.17, 15) is 4.79 Å². The molecule has 0 amide bonds. The average molecular weight is 266 g/mol. The third-order valence-corrected chi connectivity index (χ3v) is 3.20. The summed E-state index contributed by atoms with van der Waals surface area (Å²) in [5.41, 5.74) is 1.25. The molecule has 0 unspecified atom stereocenters. The minimum absolute atomic E-state index is 0.0156. The number of halogens is 1. The van der Waals surface area contributed by atoms with Gasteiger partial charge < -0.3 is 4.74 Å². The van der Waals surface area contributed by atoms with Gasteiger partial charge in [0.15, 0.2) is 5.78 Å². The monoisotopic (exact) mass is 265 g/mol. The smallest absolute Gasteiger partial charge is 0.189 e. The number of morpholine rings is 1. The molecule has 0 N–H and O–H groups in total. The second-order valence-corrected chi connectivity index (χ2v) is 4.76. The molecule has 18 heavy (non-hydrogen) atoms. The number of rotatable bonds is 4. The number of benzene rings is 1. The van der Waals surface area contributed by atoms with Gasteiger partial charge in [0.25, 0.3) is 0 Å². The Balaban J connectivity index is 1.95. The lowest BCUT2D eigenvalue weighted by Gasteiger charge is -2.26. The molecule has 0 radical (unpaired) electrons. The SMILES string of the molecule is C=C(CN1CCOCC1)C(=O)c1ccc(Cl)cc1. The molecule has 4 heteroatoms. The zero-order valence-corrected chi connectivity index (χ0v) is 10.9. The van der Waals surface area contributed by atoms with E-state index in [0.717, 1.165) is 26.3 Å². The van der Waals surface area contributed by atoms with Gasteiger partial charge in [0.05, 0.1) is 13.2 Å². The summed E-state index contributed by atoms with van der Waals surface area (Å²) in [6.07, 6.45) is 0. The Hall–Kier alpha value is -1.16. The highest BCUT2D eigenvalue weighted by Gasteiger charge is 2.16. The van der Waals surface area contributed by atoms with Crippen molar-refractivity contribution < 1.29 is 9.53 Å². The second kappa shape index (κ2) is 6.14. The van der Waals surface area contributed by atoms with Crippen molar-refractivity contribution in [3.8, 4) is 0 Å². The molecule has 1 aliphatic heterocycles. The van der Waals surface area contributed by atoms with Gasteiger partial charge in [-0.1, -0.05) is 18.2 Å². The van der Waals surface area contributed by atoms with E-state index in [4.69, 9.17) is 16.3 Å². The molecular formula is C14H16ClNO2. The molecule has 0 aliphatic carbocycles. The fraction of sp³-hybridized carbons (Fsp3) is 0.357. The van der Waals surface area contributed by atoms with Crippen molar-refractivity contribution in [2.45, 2.75) is 0 Å². The van der Waals surface area contributed by atoms with Gasteiger partial charge in [-0.2, -0.15) is 0 Å². The van der Waals surface area contributed by atoms with E-state index in [1.165, 1.54) is 0 Å². The first-order valence-corrected chi connectivity index (χ1v) is 6.33. The number of nitrogens with zero attached hydrogens (tertiary/aromatic N) is 1. The predicted octanol–water partition coefficient (Wildman–Crippen LogP) is 2.41. The second-order valence-electron chi connectivity index (χ2n) is 4.33. The molecule has 0 atom stereocenters. The lowest BCUT2D eigenvalue weighted by molar-refractivity contribution is 0.0418. The normalized spacial score (nSPS) is 16.5. The number of hydrogen-bond donors (Lipinski definition) is 0. The van der Waals surface area contributed by atoms with Crippen LogP contribution in [0.15, 0.2) is 36.4 Å². The Morgan fingerprint density at radius 3 is 2.50 bits per heavy atom. The largest absolute Gasteiger partial charge is 0.379 e. The van der Waals surface area contributed by atoms with Gasteiger partial charge >= 0.3 is 0 Å². The number of carbonyl (C=O) groups excluding carboxylic acids is 1. The van der Waals surface area contributed by atoms with Crippen molar-refractivity contribution in [1.82, 2.24) is 4.90 Å². The first-order chi connectivity index (χ1) is 8.66. The third kappa shape index (κ3) is 3.42. The Bertz CT molecular complexity index is 436. The third-order valence-electron chi connectivity index (χ3n) is 2.95. The van der Waals surface area contributed by atoms with Crippen LogP contribution in [0.1, 0.15) is 10.4 Å². The zero-order chi connectivity index (χ0) is 13.0. The summed E-state index contributed by atoms with van der Waals surface area (Å²) < 4.78 is 5.27. The fourth-order valence-corrected chi connectivity index (χ4v) is 2.03. The van der Waals surface area contributed by atoms with E-state index < -0.39 is 0 Å². The number of Topliss-reactive ketones (excluding diaryl/α,β-unsaturated/α-hetero) is 1. The lowest BCUT2D eigenvalue weighted by Crippen LogP contribution is -2.38. The molecule has 0 bridgehead atoms. The Labute approximate surface area is 112 Å². The predicted molar refractivity (Wildman–Crippen MR) is 72.2 cm³/mol. The molecule has 1 aromatic carbocycles. The number of carbonyl (C=O) groups is 1. The quantitative estimate of drug-likeness (QED) is 0.619. The maximum atomic E-state index is 12.1. The summed E-state index contributed by atoms with van der Waals surface area (Å²) in [5, 5.41) is 0.630. The van der Waals surface area contributed by atoms with E-state index in [2.05, 4.69) is 11.5 Å². The van der Waals surface area contributed by atoms with E-state index in [1.54, 1.807) is 24.3 Å².